The standard InChI is InChI=1S/C17H20ClN/c1-12(2)17-10-14(5-4-13(17)3)6-8-16-9-7-15(18)11-19-16/h4-5,7,9-12H,6,8H2,1-3H3. The van der Waals surface area contributed by atoms with E-state index in [0.717, 1.165) is 18.5 Å². The highest BCUT2D eigenvalue weighted by molar-refractivity contribution is 6.30. The Kier molecular flexibility index (Phi) is 4.60. The van der Waals surface area contributed by atoms with Gasteiger partial charge in [-0.3, -0.25) is 4.98 Å². The maximum absolute atomic E-state index is 5.84. The molecule has 0 saturated carbocycles. The van der Waals surface area contributed by atoms with E-state index in [4.69, 9.17) is 11.6 Å². The summed E-state index contributed by atoms with van der Waals surface area (Å²) in [5.41, 5.74) is 5.30. The predicted molar refractivity (Wildman–Crippen MR) is 81.9 cm³/mol. The van der Waals surface area contributed by atoms with Gasteiger partial charge in [-0.05, 0) is 54.5 Å². The molecule has 19 heavy (non-hydrogen) atoms. The van der Waals surface area contributed by atoms with Crippen LogP contribution in [0.2, 0.25) is 5.02 Å². The van der Waals surface area contributed by atoms with E-state index in [-0.39, 0.29) is 0 Å². The third kappa shape index (κ3) is 3.81. The van der Waals surface area contributed by atoms with E-state index in [2.05, 4.69) is 44.0 Å². The zero-order valence-corrected chi connectivity index (χ0v) is 12.5. The molecule has 0 spiro atoms. The Morgan fingerprint density at radius 1 is 1.11 bits per heavy atom. The van der Waals surface area contributed by atoms with Crippen molar-refractivity contribution in [3.63, 3.8) is 0 Å². The van der Waals surface area contributed by atoms with Gasteiger partial charge in [0.15, 0.2) is 0 Å². The van der Waals surface area contributed by atoms with Crippen molar-refractivity contribution < 1.29 is 0 Å². The predicted octanol–water partition coefficient (Wildman–Crippen LogP) is 4.95. The summed E-state index contributed by atoms with van der Waals surface area (Å²) in [6.45, 7) is 6.67. The SMILES string of the molecule is Cc1ccc(CCc2ccc(Cl)cn2)cc1C(C)C. The highest BCUT2D eigenvalue weighted by Crippen LogP contribution is 2.21. The number of aromatic nitrogens is 1. The van der Waals surface area contributed by atoms with Crippen molar-refractivity contribution in [2.24, 2.45) is 0 Å². The van der Waals surface area contributed by atoms with Crippen LogP contribution in [0.3, 0.4) is 0 Å². The number of benzene rings is 1. The summed E-state index contributed by atoms with van der Waals surface area (Å²) in [7, 11) is 0. The van der Waals surface area contributed by atoms with Gasteiger partial charge < -0.3 is 0 Å². The van der Waals surface area contributed by atoms with Gasteiger partial charge in [0.25, 0.3) is 0 Å². The maximum Gasteiger partial charge on any atom is 0.0589 e. The summed E-state index contributed by atoms with van der Waals surface area (Å²) in [4.78, 5) is 4.34. The number of aryl methyl sites for hydroxylation is 3. The molecule has 100 valence electrons. The average molecular weight is 274 g/mol. The fourth-order valence-corrected chi connectivity index (χ4v) is 2.41. The van der Waals surface area contributed by atoms with Crippen LogP contribution in [0.4, 0.5) is 0 Å². The van der Waals surface area contributed by atoms with Crippen molar-refractivity contribution >= 4 is 11.6 Å². The summed E-state index contributed by atoms with van der Waals surface area (Å²) in [5.74, 6) is 0.577. The smallest absolute Gasteiger partial charge is 0.0589 e. The minimum absolute atomic E-state index is 0.577. The number of nitrogens with zero attached hydrogens (tertiary/aromatic N) is 1. The van der Waals surface area contributed by atoms with E-state index in [1.165, 1.54) is 16.7 Å². The number of hydrogen-bond donors (Lipinski definition) is 0. The van der Waals surface area contributed by atoms with Crippen molar-refractivity contribution in [2.45, 2.75) is 39.5 Å². The first-order valence-electron chi connectivity index (χ1n) is 6.76. The second-order valence-electron chi connectivity index (χ2n) is 5.31. The lowest BCUT2D eigenvalue weighted by Crippen LogP contribution is -1.98. The summed E-state index contributed by atoms with van der Waals surface area (Å²) in [5, 5.41) is 0.696. The van der Waals surface area contributed by atoms with E-state index in [0.29, 0.717) is 10.9 Å². The Morgan fingerprint density at radius 2 is 1.89 bits per heavy atom. The number of halogens is 1. The van der Waals surface area contributed by atoms with Crippen LogP contribution in [0.1, 0.15) is 42.1 Å². The van der Waals surface area contributed by atoms with Gasteiger partial charge in [-0.1, -0.05) is 43.6 Å². The van der Waals surface area contributed by atoms with Crippen molar-refractivity contribution in [2.75, 3.05) is 0 Å². The molecule has 2 rings (SSSR count). The van der Waals surface area contributed by atoms with Crippen LogP contribution in [0.25, 0.3) is 0 Å². The number of rotatable bonds is 4. The molecule has 1 nitrogen and oxygen atoms in total. The van der Waals surface area contributed by atoms with Crippen molar-refractivity contribution in [1.29, 1.82) is 0 Å². The lowest BCUT2D eigenvalue weighted by molar-refractivity contribution is 0.845. The molecule has 0 saturated heterocycles. The molecule has 1 aromatic heterocycles. The fourth-order valence-electron chi connectivity index (χ4n) is 2.29. The zero-order valence-electron chi connectivity index (χ0n) is 11.8. The van der Waals surface area contributed by atoms with Crippen molar-refractivity contribution in [3.8, 4) is 0 Å². The van der Waals surface area contributed by atoms with E-state index in [1.807, 2.05) is 12.1 Å². The molecule has 1 heterocycles. The fraction of sp³-hybridized carbons (Fsp3) is 0.353. The Balaban J connectivity index is 2.07. The maximum atomic E-state index is 5.84. The lowest BCUT2D eigenvalue weighted by Gasteiger charge is -2.12. The minimum Gasteiger partial charge on any atom is -0.260 e. The molecule has 0 bridgehead atoms. The number of hydrogen-bond acceptors (Lipinski definition) is 1. The molecule has 0 atom stereocenters. The summed E-state index contributed by atoms with van der Waals surface area (Å²) < 4.78 is 0. The van der Waals surface area contributed by atoms with Gasteiger partial charge >= 0.3 is 0 Å². The summed E-state index contributed by atoms with van der Waals surface area (Å²) in [6, 6.07) is 10.7. The summed E-state index contributed by atoms with van der Waals surface area (Å²) >= 11 is 5.84. The van der Waals surface area contributed by atoms with Crippen LogP contribution in [0.5, 0.6) is 0 Å². The Morgan fingerprint density at radius 3 is 2.53 bits per heavy atom. The molecule has 0 aliphatic rings. The van der Waals surface area contributed by atoms with Gasteiger partial charge in [0.2, 0.25) is 0 Å². The van der Waals surface area contributed by atoms with Crippen molar-refractivity contribution in [3.05, 3.63) is 63.9 Å². The van der Waals surface area contributed by atoms with Crippen molar-refractivity contribution in [1.82, 2.24) is 4.98 Å². The van der Waals surface area contributed by atoms with Gasteiger partial charge in [-0.25, -0.2) is 0 Å². The van der Waals surface area contributed by atoms with E-state index in [1.54, 1.807) is 6.20 Å². The van der Waals surface area contributed by atoms with E-state index in [9.17, 15) is 0 Å². The third-order valence-corrected chi connectivity index (χ3v) is 3.65. The van der Waals surface area contributed by atoms with Crippen LogP contribution in [-0.2, 0) is 12.8 Å². The van der Waals surface area contributed by atoms with Gasteiger partial charge in [-0.2, -0.15) is 0 Å². The first-order valence-corrected chi connectivity index (χ1v) is 7.14. The second-order valence-corrected chi connectivity index (χ2v) is 5.75. The molecular weight excluding hydrogens is 254 g/mol. The van der Waals surface area contributed by atoms with Crippen LogP contribution in [0, 0.1) is 6.92 Å². The van der Waals surface area contributed by atoms with Gasteiger partial charge in [0.1, 0.15) is 0 Å². The van der Waals surface area contributed by atoms with Gasteiger partial charge in [-0.15, -0.1) is 0 Å². The molecule has 1 aromatic carbocycles. The Hall–Kier alpha value is -1.34. The molecule has 0 aliphatic carbocycles. The van der Waals surface area contributed by atoms with Gasteiger partial charge in [0, 0.05) is 11.9 Å². The quantitative estimate of drug-likeness (QED) is 0.768. The monoisotopic (exact) mass is 273 g/mol. The first kappa shape index (κ1) is 14.1. The minimum atomic E-state index is 0.577. The van der Waals surface area contributed by atoms with Gasteiger partial charge in [0.05, 0.1) is 5.02 Å². The van der Waals surface area contributed by atoms with Crippen LogP contribution >= 0.6 is 11.6 Å². The molecular formula is C17H20ClN. The van der Waals surface area contributed by atoms with Crippen LogP contribution in [0.15, 0.2) is 36.5 Å². The highest BCUT2D eigenvalue weighted by Gasteiger charge is 2.05. The molecule has 0 fully saturated rings. The van der Waals surface area contributed by atoms with E-state index < -0.39 is 0 Å². The summed E-state index contributed by atoms with van der Waals surface area (Å²) in [6.07, 6.45) is 3.69. The molecule has 0 radical (unpaired) electrons. The van der Waals surface area contributed by atoms with Crippen LogP contribution in [-0.4, -0.2) is 4.98 Å². The topological polar surface area (TPSA) is 12.9 Å². The van der Waals surface area contributed by atoms with E-state index >= 15 is 0 Å². The second kappa shape index (κ2) is 6.21. The average Bonchev–Trinajstić information content (AvgIpc) is 2.39. The number of pyridine rings is 1. The molecule has 0 amide bonds. The normalized spacial score (nSPS) is 11.0. The molecule has 0 aliphatic heterocycles. The first-order chi connectivity index (χ1) is 9.06. The third-order valence-electron chi connectivity index (χ3n) is 3.42. The molecule has 0 N–H and O–H groups in total. The zero-order chi connectivity index (χ0) is 13.8. The van der Waals surface area contributed by atoms with Crippen LogP contribution < -0.4 is 0 Å². The molecule has 2 heteroatoms. The lowest BCUT2D eigenvalue weighted by atomic mass is 9.94. The Labute approximate surface area is 120 Å². The largest absolute Gasteiger partial charge is 0.260 e. The molecule has 2 aromatic rings. The molecule has 0 unspecified atom stereocenters. The highest BCUT2D eigenvalue weighted by atomic mass is 35.5. The Bertz CT molecular complexity index is 544.